The van der Waals surface area contributed by atoms with Crippen LogP contribution in [0.4, 0.5) is 5.69 Å². The molecule has 0 saturated carbocycles. The first-order valence-electron chi connectivity index (χ1n) is 10.4. The molecular weight excluding hydrogens is 428 g/mol. The van der Waals surface area contributed by atoms with Crippen molar-refractivity contribution in [2.45, 2.75) is 25.8 Å². The van der Waals surface area contributed by atoms with E-state index in [-0.39, 0.29) is 5.91 Å². The van der Waals surface area contributed by atoms with E-state index in [0.717, 1.165) is 29.7 Å². The molecule has 1 aromatic heterocycles. The lowest BCUT2D eigenvalue weighted by atomic mass is 10.00. The van der Waals surface area contributed by atoms with Crippen molar-refractivity contribution in [3.05, 3.63) is 87.6 Å². The average molecular weight is 455 g/mol. The van der Waals surface area contributed by atoms with Crippen LogP contribution in [-0.2, 0) is 29.4 Å². The summed E-state index contributed by atoms with van der Waals surface area (Å²) in [6.45, 7) is 1.67. The quantitative estimate of drug-likeness (QED) is 0.533. The zero-order valence-electron chi connectivity index (χ0n) is 17.5. The third-order valence-corrected chi connectivity index (χ3v) is 7.57. The van der Waals surface area contributed by atoms with Crippen molar-refractivity contribution >= 4 is 33.0 Å². The van der Waals surface area contributed by atoms with Gasteiger partial charge in [0.15, 0.2) is 0 Å². The van der Waals surface area contributed by atoms with Crippen molar-refractivity contribution < 1.29 is 13.2 Å². The van der Waals surface area contributed by atoms with Gasteiger partial charge in [0.2, 0.25) is 10.0 Å². The topological polar surface area (TPSA) is 57.7 Å². The molecule has 0 bridgehead atoms. The third-order valence-electron chi connectivity index (χ3n) is 5.53. The first kappa shape index (κ1) is 21.6. The van der Waals surface area contributed by atoms with E-state index in [1.807, 2.05) is 46.7 Å². The molecule has 0 fully saturated rings. The number of benzene rings is 2. The van der Waals surface area contributed by atoms with Crippen LogP contribution in [0.15, 0.2) is 66.0 Å². The van der Waals surface area contributed by atoms with Crippen molar-refractivity contribution in [3.8, 4) is 0 Å². The molecule has 2 aromatic carbocycles. The molecule has 0 aliphatic carbocycles. The fourth-order valence-electron chi connectivity index (χ4n) is 3.97. The predicted molar refractivity (Wildman–Crippen MR) is 126 cm³/mol. The largest absolute Gasteiger partial charge is 0.333 e. The van der Waals surface area contributed by atoms with E-state index in [2.05, 4.69) is 12.1 Å². The molecule has 0 unspecified atom stereocenters. The van der Waals surface area contributed by atoms with Crippen LogP contribution < -0.4 is 4.31 Å². The zero-order valence-corrected chi connectivity index (χ0v) is 19.2. The highest BCUT2D eigenvalue weighted by molar-refractivity contribution is 7.92. The summed E-state index contributed by atoms with van der Waals surface area (Å²) in [6, 6.07) is 19.6. The number of nitrogens with zero attached hydrogens (tertiary/aromatic N) is 2. The van der Waals surface area contributed by atoms with Gasteiger partial charge in [0, 0.05) is 23.5 Å². The summed E-state index contributed by atoms with van der Waals surface area (Å²) in [5, 5.41) is 2.02. The summed E-state index contributed by atoms with van der Waals surface area (Å²) in [4.78, 5) is 16.5. The second-order valence-corrected chi connectivity index (χ2v) is 10.8. The van der Waals surface area contributed by atoms with E-state index in [1.54, 1.807) is 23.5 Å². The number of fused-ring (bicyclic) bond motifs is 1. The second kappa shape index (κ2) is 9.24. The summed E-state index contributed by atoms with van der Waals surface area (Å²) in [5.41, 5.74) is 3.42. The minimum atomic E-state index is -3.32. The number of thiophene rings is 1. The molecule has 7 heteroatoms. The van der Waals surface area contributed by atoms with E-state index in [4.69, 9.17) is 0 Å². The third kappa shape index (κ3) is 5.17. The Kier molecular flexibility index (Phi) is 6.43. The van der Waals surface area contributed by atoms with Crippen molar-refractivity contribution in [2.24, 2.45) is 0 Å². The molecule has 1 aliphatic rings. The standard InChI is InChI=1S/C24H26N2O3S2/c1-31(28,29)26-14-5-9-20-17-21(11-12-23(20)26)24(27)25(18-22-10-6-16-30-22)15-13-19-7-3-2-4-8-19/h2-4,6-8,10-12,16-17H,5,9,13-15,18H2,1H3. The number of carbonyl (C=O) groups excluding carboxylic acids is 1. The van der Waals surface area contributed by atoms with Gasteiger partial charge in [-0.2, -0.15) is 0 Å². The van der Waals surface area contributed by atoms with Gasteiger partial charge in [-0.25, -0.2) is 8.42 Å². The number of rotatable bonds is 7. The number of hydrogen-bond donors (Lipinski definition) is 0. The molecular formula is C24H26N2O3S2. The number of sulfonamides is 1. The molecule has 0 spiro atoms. The molecule has 4 rings (SSSR count). The molecule has 2 heterocycles. The number of hydrogen-bond acceptors (Lipinski definition) is 4. The van der Waals surface area contributed by atoms with Gasteiger partial charge < -0.3 is 4.90 Å². The Morgan fingerprint density at radius 1 is 1.10 bits per heavy atom. The Hall–Kier alpha value is -2.64. The summed E-state index contributed by atoms with van der Waals surface area (Å²) >= 11 is 1.64. The maximum Gasteiger partial charge on any atom is 0.254 e. The van der Waals surface area contributed by atoms with Gasteiger partial charge in [0.25, 0.3) is 5.91 Å². The molecule has 31 heavy (non-hydrogen) atoms. The van der Waals surface area contributed by atoms with Crippen molar-refractivity contribution in [2.75, 3.05) is 23.7 Å². The highest BCUT2D eigenvalue weighted by Crippen LogP contribution is 2.30. The Labute approximate surface area is 188 Å². The van der Waals surface area contributed by atoms with Crippen LogP contribution in [-0.4, -0.2) is 38.6 Å². The number of anilines is 1. The normalized spacial score (nSPS) is 13.6. The van der Waals surface area contributed by atoms with Crippen LogP contribution in [0.5, 0.6) is 0 Å². The van der Waals surface area contributed by atoms with Crippen molar-refractivity contribution in [3.63, 3.8) is 0 Å². The first-order valence-corrected chi connectivity index (χ1v) is 13.1. The average Bonchev–Trinajstić information content (AvgIpc) is 3.28. The minimum absolute atomic E-state index is 0.0244. The lowest BCUT2D eigenvalue weighted by molar-refractivity contribution is 0.0746. The van der Waals surface area contributed by atoms with Gasteiger partial charge in [-0.3, -0.25) is 9.10 Å². The molecule has 0 saturated heterocycles. The van der Waals surface area contributed by atoms with Gasteiger partial charge >= 0.3 is 0 Å². The van der Waals surface area contributed by atoms with E-state index >= 15 is 0 Å². The van der Waals surface area contributed by atoms with E-state index < -0.39 is 10.0 Å². The van der Waals surface area contributed by atoms with Crippen LogP contribution in [0, 0.1) is 0 Å². The van der Waals surface area contributed by atoms with Gasteiger partial charge in [-0.15, -0.1) is 11.3 Å². The highest BCUT2D eigenvalue weighted by atomic mass is 32.2. The summed E-state index contributed by atoms with van der Waals surface area (Å²) in [5.74, 6) is -0.0244. The molecule has 0 radical (unpaired) electrons. The number of amides is 1. The summed E-state index contributed by atoms with van der Waals surface area (Å²) < 4.78 is 25.7. The van der Waals surface area contributed by atoms with Crippen LogP contribution in [0.2, 0.25) is 0 Å². The van der Waals surface area contributed by atoms with Gasteiger partial charge in [-0.1, -0.05) is 36.4 Å². The molecule has 0 N–H and O–H groups in total. The molecule has 5 nitrogen and oxygen atoms in total. The van der Waals surface area contributed by atoms with E-state index in [0.29, 0.717) is 30.9 Å². The first-order chi connectivity index (χ1) is 14.9. The molecule has 1 amide bonds. The Bertz CT molecular complexity index is 1140. The Balaban J connectivity index is 1.58. The van der Waals surface area contributed by atoms with E-state index in [1.165, 1.54) is 16.1 Å². The van der Waals surface area contributed by atoms with Crippen LogP contribution in [0.1, 0.15) is 32.8 Å². The number of aryl methyl sites for hydroxylation is 1. The lowest BCUT2D eigenvalue weighted by Gasteiger charge is -2.30. The summed E-state index contributed by atoms with van der Waals surface area (Å²) in [6.07, 6.45) is 3.54. The Morgan fingerprint density at radius 2 is 1.90 bits per heavy atom. The van der Waals surface area contributed by atoms with Crippen LogP contribution >= 0.6 is 11.3 Å². The number of carbonyl (C=O) groups is 1. The van der Waals surface area contributed by atoms with Gasteiger partial charge in [0.05, 0.1) is 18.5 Å². The zero-order chi connectivity index (χ0) is 21.8. The highest BCUT2D eigenvalue weighted by Gasteiger charge is 2.25. The lowest BCUT2D eigenvalue weighted by Crippen LogP contribution is -2.35. The van der Waals surface area contributed by atoms with Crippen LogP contribution in [0.25, 0.3) is 0 Å². The fourth-order valence-corrected chi connectivity index (χ4v) is 5.69. The van der Waals surface area contributed by atoms with E-state index in [9.17, 15) is 13.2 Å². The van der Waals surface area contributed by atoms with Crippen molar-refractivity contribution in [1.29, 1.82) is 0 Å². The maximum atomic E-state index is 13.5. The van der Waals surface area contributed by atoms with Crippen molar-refractivity contribution in [1.82, 2.24) is 4.90 Å². The predicted octanol–water partition coefficient (Wildman–Crippen LogP) is 4.35. The fraction of sp³-hybridized carbons (Fsp3) is 0.292. The monoisotopic (exact) mass is 454 g/mol. The smallest absolute Gasteiger partial charge is 0.254 e. The molecule has 0 atom stereocenters. The van der Waals surface area contributed by atoms with Gasteiger partial charge in [-0.05, 0) is 60.0 Å². The molecule has 1 aliphatic heterocycles. The summed E-state index contributed by atoms with van der Waals surface area (Å²) in [7, 11) is -3.32. The maximum absolute atomic E-state index is 13.5. The second-order valence-electron chi connectivity index (χ2n) is 7.82. The van der Waals surface area contributed by atoms with Crippen LogP contribution in [0.3, 0.4) is 0 Å². The van der Waals surface area contributed by atoms with Gasteiger partial charge in [0.1, 0.15) is 0 Å². The molecule has 162 valence electrons. The SMILES string of the molecule is CS(=O)(=O)N1CCCc2cc(C(=O)N(CCc3ccccc3)Cc3cccs3)ccc21. The molecule has 3 aromatic rings. The Morgan fingerprint density at radius 3 is 2.61 bits per heavy atom. The minimum Gasteiger partial charge on any atom is -0.333 e.